The Balaban J connectivity index is 1.58. The number of nitrogens with zero attached hydrogens (tertiary/aromatic N) is 2. The summed E-state index contributed by atoms with van der Waals surface area (Å²) >= 11 is 0. The van der Waals surface area contributed by atoms with Crippen LogP contribution in [0.1, 0.15) is 49.1 Å². The van der Waals surface area contributed by atoms with Crippen LogP contribution in [0.3, 0.4) is 0 Å². The first kappa shape index (κ1) is 18.5. The Labute approximate surface area is 164 Å². The molecule has 7 heteroatoms. The second-order valence-electron chi connectivity index (χ2n) is 7.58. The molecule has 1 aromatic heterocycles. The fourth-order valence-corrected chi connectivity index (χ4v) is 3.95. The molecule has 0 unspecified atom stereocenters. The molecular formula is C21H25N3O4. The van der Waals surface area contributed by atoms with Crippen LogP contribution in [-0.2, 0) is 16.1 Å². The molecule has 7 nitrogen and oxygen atoms in total. The lowest BCUT2D eigenvalue weighted by Crippen LogP contribution is -2.38. The maximum atomic E-state index is 12.6. The molecular weight excluding hydrogens is 358 g/mol. The quantitative estimate of drug-likeness (QED) is 0.869. The van der Waals surface area contributed by atoms with Crippen LogP contribution < -0.4 is 15.0 Å². The molecule has 1 aliphatic heterocycles. The van der Waals surface area contributed by atoms with Gasteiger partial charge in [0.15, 0.2) is 6.61 Å². The van der Waals surface area contributed by atoms with Crippen molar-refractivity contribution in [2.45, 2.75) is 52.5 Å². The zero-order chi connectivity index (χ0) is 19.7. The minimum absolute atomic E-state index is 0.00977. The first-order chi connectivity index (χ1) is 13.5. The third-order valence-corrected chi connectivity index (χ3v) is 5.64. The molecule has 2 aromatic rings. The van der Waals surface area contributed by atoms with Gasteiger partial charge in [0.1, 0.15) is 11.5 Å². The Morgan fingerprint density at radius 1 is 1.25 bits per heavy atom. The topological polar surface area (TPSA) is 84.7 Å². The highest BCUT2D eigenvalue weighted by molar-refractivity contribution is 5.99. The summed E-state index contributed by atoms with van der Waals surface area (Å²) in [4.78, 5) is 26.8. The second-order valence-corrected chi connectivity index (χ2v) is 7.58. The maximum Gasteiger partial charge on any atom is 0.265 e. The molecule has 1 aliphatic carbocycles. The van der Waals surface area contributed by atoms with E-state index in [1.165, 1.54) is 6.42 Å². The van der Waals surface area contributed by atoms with E-state index >= 15 is 0 Å². The van der Waals surface area contributed by atoms with Gasteiger partial charge in [-0.2, -0.15) is 0 Å². The minimum atomic E-state index is -0.136. The van der Waals surface area contributed by atoms with E-state index < -0.39 is 0 Å². The highest BCUT2D eigenvalue weighted by Crippen LogP contribution is 2.36. The van der Waals surface area contributed by atoms with Crippen molar-refractivity contribution in [2.24, 2.45) is 5.92 Å². The van der Waals surface area contributed by atoms with Crippen LogP contribution in [-0.4, -0.2) is 23.6 Å². The third kappa shape index (κ3) is 3.61. The van der Waals surface area contributed by atoms with E-state index in [2.05, 4.69) is 10.5 Å². The predicted molar refractivity (Wildman–Crippen MR) is 104 cm³/mol. The summed E-state index contributed by atoms with van der Waals surface area (Å²) in [6.45, 7) is 4.04. The molecule has 1 aromatic carbocycles. The number of carbonyl (C=O) groups is 2. The number of amides is 2. The fourth-order valence-electron chi connectivity index (χ4n) is 3.95. The zero-order valence-corrected chi connectivity index (χ0v) is 16.3. The van der Waals surface area contributed by atoms with Gasteiger partial charge in [0.2, 0.25) is 5.91 Å². The highest BCUT2D eigenvalue weighted by atomic mass is 16.5. The van der Waals surface area contributed by atoms with Crippen molar-refractivity contribution in [3.63, 3.8) is 0 Å². The van der Waals surface area contributed by atoms with E-state index in [0.29, 0.717) is 29.4 Å². The molecule has 0 saturated heterocycles. The average molecular weight is 383 g/mol. The van der Waals surface area contributed by atoms with E-state index in [1.54, 1.807) is 11.0 Å². The van der Waals surface area contributed by atoms with Crippen molar-refractivity contribution in [1.82, 2.24) is 5.16 Å². The molecule has 1 fully saturated rings. The SMILES string of the molecule is Cc1noc(C)c1CN1C(=O)COc2ccc(NC(=O)C3CCCCC3)cc21. The smallest absolute Gasteiger partial charge is 0.265 e. The fraction of sp³-hybridized carbons (Fsp3) is 0.476. The minimum Gasteiger partial charge on any atom is -0.482 e. The van der Waals surface area contributed by atoms with Crippen LogP contribution in [0.5, 0.6) is 5.75 Å². The Morgan fingerprint density at radius 2 is 2.04 bits per heavy atom. The highest BCUT2D eigenvalue weighted by Gasteiger charge is 2.28. The molecule has 0 radical (unpaired) electrons. The lowest BCUT2D eigenvalue weighted by Gasteiger charge is -2.30. The molecule has 0 spiro atoms. The average Bonchev–Trinajstić information content (AvgIpc) is 3.02. The van der Waals surface area contributed by atoms with E-state index in [0.717, 1.165) is 36.9 Å². The number of benzene rings is 1. The van der Waals surface area contributed by atoms with Crippen LogP contribution in [0, 0.1) is 19.8 Å². The Bertz CT molecular complexity index is 880. The van der Waals surface area contributed by atoms with Gasteiger partial charge in [-0.15, -0.1) is 0 Å². The van der Waals surface area contributed by atoms with E-state index in [-0.39, 0.29) is 24.3 Å². The summed E-state index contributed by atoms with van der Waals surface area (Å²) in [6, 6.07) is 5.44. The maximum absolute atomic E-state index is 12.6. The van der Waals surface area contributed by atoms with E-state index in [4.69, 9.17) is 9.26 Å². The van der Waals surface area contributed by atoms with Crippen LogP contribution in [0.4, 0.5) is 11.4 Å². The van der Waals surface area contributed by atoms with Crippen molar-refractivity contribution in [3.05, 3.63) is 35.2 Å². The number of aromatic nitrogens is 1. The molecule has 0 bridgehead atoms. The van der Waals surface area contributed by atoms with E-state index in [1.807, 2.05) is 26.0 Å². The number of ether oxygens (including phenoxy) is 1. The monoisotopic (exact) mass is 383 g/mol. The number of aryl methyl sites for hydroxylation is 2. The standard InChI is InChI=1S/C21H25N3O4/c1-13-17(14(2)28-23-13)11-24-18-10-16(8-9-19(18)27-12-20(24)25)22-21(26)15-6-4-3-5-7-15/h8-10,15H,3-7,11-12H2,1-2H3,(H,22,26). The van der Waals surface area contributed by atoms with Crippen molar-refractivity contribution in [1.29, 1.82) is 0 Å². The number of rotatable bonds is 4. The Morgan fingerprint density at radius 3 is 2.75 bits per heavy atom. The molecule has 4 rings (SSSR count). The molecule has 2 aliphatic rings. The Kier molecular flexibility index (Phi) is 5.07. The molecule has 2 heterocycles. The third-order valence-electron chi connectivity index (χ3n) is 5.64. The summed E-state index contributed by atoms with van der Waals surface area (Å²) < 4.78 is 10.8. The number of hydrogen-bond acceptors (Lipinski definition) is 5. The van der Waals surface area contributed by atoms with Gasteiger partial charge in [0.05, 0.1) is 17.9 Å². The van der Waals surface area contributed by atoms with Gasteiger partial charge in [-0.1, -0.05) is 24.4 Å². The summed E-state index contributed by atoms with van der Waals surface area (Å²) in [7, 11) is 0. The Hall–Kier alpha value is -2.83. The van der Waals surface area contributed by atoms with E-state index in [9.17, 15) is 9.59 Å². The van der Waals surface area contributed by atoms with Crippen molar-refractivity contribution in [2.75, 3.05) is 16.8 Å². The number of carbonyl (C=O) groups excluding carboxylic acids is 2. The number of anilines is 2. The van der Waals surface area contributed by atoms with Gasteiger partial charge in [-0.3, -0.25) is 9.59 Å². The summed E-state index contributed by atoms with van der Waals surface area (Å²) in [5.74, 6) is 1.31. The molecule has 2 amide bonds. The van der Waals surface area contributed by atoms with Crippen LogP contribution in [0.15, 0.2) is 22.7 Å². The number of fused-ring (bicyclic) bond motifs is 1. The number of hydrogen-bond donors (Lipinski definition) is 1. The van der Waals surface area contributed by atoms with Crippen molar-refractivity contribution >= 4 is 23.2 Å². The normalized spacial score (nSPS) is 17.2. The van der Waals surface area contributed by atoms with Gasteiger partial charge in [0.25, 0.3) is 5.91 Å². The summed E-state index contributed by atoms with van der Waals surface area (Å²) in [6.07, 6.45) is 5.30. The summed E-state index contributed by atoms with van der Waals surface area (Å²) in [5, 5.41) is 6.99. The van der Waals surface area contributed by atoms with Gasteiger partial charge in [-0.05, 0) is 44.9 Å². The lowest BCUT2D eigenvalue weighted by molar-refractivity contribution is -0.121. The molecule has 0 atom stereocenters. The molecule has 28 heavy (non-hydrogen) atoms. The predicted octanol–water partition coefficient (Wildman–Crippen LogP) is 3.74. The van der Waals surface area contributed by atoms with Crippen LogP contribution in [0.25, 0.3) is 0 Å². The lowest BCUT2D eigenvalue weighted by atomic mass is 9.88. The van der Waals surface area contributed by atoms with Crippen LogP contribution >= 0.6 is 0 Å². The summed E-state index contributed by atoms with van der Waals surface area (Å²) in [5.41, 5.74) is 2.98. The number of nitrogens with one attached hydrogen (secondary N) is 1. The van der Waals surface area contributed by atoms with Gasteiger partial charge in [-0.25, -0.2) is 0 Å². The molecule has 1 saturated carbocycles. The van der Waals surface area contributed by atoms with Gasteiger partial charge >= 0.3 is 0 Å². The first-order valence-electron chi connectivity index (χ1n) is 9.83. The van der Waals surface area contributed by atoms with Crippen LogP contribution in [0.2, 0.25) is 0 Å². The zero-order valence-electron chi connectivity index (χ0n) is 16.3. The largest absolute Gasteiger partial charge is 0.482 e. The van der Waals surface area contributed by atoms with Gasteiger partial charge < -0.3 is 19.5 Å². The molecule has 1 N–H and O–H groups in total. The first-order valence-corrected chi connectivity index (χ1v) is 9.83. The molecule has 148 valence electrons. The van der Waals surface area contributed by atoms with Crippen molar-refractivity contribution < 1.29 is 18.8 Å². The van der Waals surface area contributed by atoms with Gasteiger partial charge in [0, 0.05) is 17.2 Å². The second kappa shape index (κ2) is 7.66. The van der Waals surface area contributed by atoms with Crippen molar-refractivity contribution in [3.8, 4) is 5.75 Å².